The zero-order valence-electron chi connectivity index (χ0n) is 20.0. The summed E-state index contributed by atoms with van der Waals surface area (Å²) in [6.45, 7) is 2.36. The Kier molecular flexibility index (Phi) is 8.83. The van der Waals surface area contributed by atoms with Crippen LogP contribution in [0.1, 0.15) is 48.8 Å². The van der Waals surface area contributed by atoms with Crippen LogP contribution in [0.5, 0.6) is 0 Å². The van der Waals surface area contributed by atoms with Crippen LogP contribution in [0.2, 0.25) is 10.3 Å². The van der Waals surface area contributed by atoms with Crippen molar-refractivity contribution in [3.05, 3.63) is 81.9 Å². The zero-order valence-corrected chi connectivity index (χ0v) is 21.5. The van der Waals surface area contributed by atoms with E-state index in [2.05, 4.69) is 10.3 Å². The normalized spacial score (nSPS) is 21.5. The summed E-state index contributed by atoms with van der Waals surface area (Å²) in [5.41, 5.74) is 2.90. The number of imidazole rings is 1. The Bertz CT molecular complexity index is 1250. The number of halogens is 2. The van der Waals surface area contributed by atoms with E-state index in [1.807, 2.05) is 37.3 Å². The maximum atomic E-state index is 12.1. The number of aliphatic hydroxyl groups excluding tert-OH is 1. The first-order chi connectivity index (χ1) is 17.7. The predicted octanol–water partition coefficient (Wildman–Crippen LogP) is 4.98. The standard InChI is InChI=1S/C26H27Cl2N3O6/c1-15-20(12-31-14-29-24(27)25(31)28)36-26(37-23(15)17-7-5-16(13-32)6-8-17)18-3-2-4-19(11-18)30-21(33)9-10-22(34)35/h2-8,11,14-15,20,23,26,32H,9-10,12-13H2,1H3,(H,30,33)(H,34,35). The lowest BCUT2D eigenvalue weighted by Crippen LogP contribution is -2.39. The third kappa shape index (κ3) is 6.68. The number of carboxylic acids is 1. The molecule has 0 radical (unpaired) electrons. The molecule has 3 aromatic rings. The highest BCUT2D eigenvalue weighted by Crippen LogP contribution is 2.42. The molecule has 2 aromatic carbocycles. The molecular weight excluding hydrogens is 521 g/mol. The minimum absolute atomic E-state index is 0.0550. The third-order valence-electron chi connectivity index (χ3n) is 6.24. The summed E-state index contributed by atoms with van der Waals surface area (Å²) in [6.07, 6.45) is -0.269. The molecule has 3 N–H and O–H groups in total. The van der Waals surface area contributed by atoms with E-state index >= 15 is 0 Å². The van der Waals surface area contributed by atoms with E-state index in [1.165, 1.54) is 0 Å². The van der Waals surface area contributed by atoms with Gasteiger partial charge in [-0.3, -0.25) is 9.59 Å². The number of rotatable bonds is 9. The SMILES string of the molecule is CC1C(Cn2cnc(Cl)c2Cl)OC(c2cccc(NC(=O)CCC(=O)O)c2)OC1c1ccc(CO)cc1. The van der Waals surface area contributed by atoms with Gasteiger partial charge in [0.1, 0.15) is 5.15 Å². The van der Waals surface area contributed by atoms with Gasteiger partial charge in [0, 0.05) is 23.6 Å². The molecule has 37 heavy (non-hydrogen) atoms. The quantitative estimate of drug-likeness (QED) is 0.345. The van der Waals surface area contributed by atoms with Crippen LogP contribution in [-0.2, 0) is 32.2 Å². The van der Waals surface area contributed by atoms with E-state index in [1.54, 1.807) is 29.1 Å². The number of aromatic nitrogens is 2. The molecule has 1 saturated heterocycles. The predicted molar refractivity (Wildman–Crippen MR) is 137 cm³/mol. The van der Waals surface area contributed by atoms with Gasteiger partial charge in [-0.15, -0.1) is 0 Å². The second-order valence-corrected chi connectivity index (χ2v) is 9.58. The van der Waals surface area contributed by atoms with Crippen molar-refractivity contribution in [1.29, 1.82) is 0 Å². The Balaban J connectivity index is 1.60. The summed E-state index contributed by atoms with van der Waals surface area (Å²) in [5.74, 6) is -1.53. The number of carbonyl (C=O) groups is 2. The molecule has 0 spiro atoms. The van der Waals surface area contributed by atoms with E-state index < -0.39 is 18.2 Å². The van der Waals surface area contributed by atoms with Crippen molar-refractivity contribution >= 4 is 40.8 Å². The molecule has 1 fully saturated rings. The van der Waals surface area contributed by atoms with E-state index in [4.69, 9.17) is 37.8 Å². The fourth-order valence-electron chi connectivity index (χ4n) is 4.20. The van der Waals surface area contributed by atoms with Gasteiger partial charge in [-0.2, -0.15) is 0 Å². The number of ether oxygens (including phenoxy) is 2. The number of benzene rings is 2. The summed E-state index contributed by atoms with van der Waals surface area (Å²) in [4.78, 5) is 27.0. The van der Waals surface area contributed by atoms with Crippen LogP contribution >= 0.6 is 23.2 Å². The van der Waals surface area contributed by atoms with Gasteiger partial charge < -0.3 is 29.6 Å². The Hall–Kier alpha value is -2.95. The lowest BCUT2D eigenvalue weighted by atomic mass is 9.90. The Morgan fingerprint density at radius 2 is 1.84 bits per heavy atom. The fraction of sp³-hybridized carbons (Fsp3) is 0.346. The minimum Gasteiger partial charge on any atom is -0.481 e. The molecule has 196 valence electrons. The van der Waals surface area contributed by atoms with Crippen LogP contribution < -0.4 is 5.32 Å². The topological polar surface area (TPSA) is 123 Å². The number of hydrogen-bond donors (Lipinski definition) is 3. The summed E-state index contributed by atoms with van der Waals surface area (Å²) in [6, 6.07) is 14.6. The summed E-state index contributed by atoms with van der Waals surface area (Å²) in [7, 11) is 0. The van der Waals surface area contributed by atoms with Crippen molar-refractivity contribution in [2.45, 2.75) is 51.4 Å². The number of amides is 1. The highest BCUT2D eigenvalue weighted by atomic mass is 35.5. The van der Waals surface area contributed by atoms with Crippen molar-refractivity contribution in [2.24, 2.45) is 5.92 Å². The van der Waals surface area contributed by atoms with Crippen LogP contribution in [0, 0.1) is 5.92 Å². The Morgan fingerprint density at radius 3 is 2.49 bits per heavy atom. The van der Waals surface area contributed by atoms with E-state index in [9.17, 15) is 14.7 Å². The molecule has 1 aliphatic rings. The molecule has 0 saturated carbocycles. The van der Waals surface area contributed by atoms with Gasteiger partial charge in [0.2, 0.25) is 5.91 Å². The van der Waals surface area contributed by atoms with Crippen LogP contribution in [0.4, 0.5) is 5.69 Å². The molecule has 0 aliphatic carbocycles. The van der Waals surface area contributed by atoms with Crippen LogP contribution in [-0.4, -0.2) is 37.7 Å². The number of aliphatic hydroxyl groups is 1. The lowest BCUT2D eigenvalue weighted by Gasteiger charge is -2.41. The van der Waals surface area contributed by atoms with Gasteiger partial charge in [0.05, 0.1) is 38.1 Å². The molecular formula is C26H27Cl2N3O6. The smallest absolute Gasteiger partial charge is 0.303 e. The van der Waals surface area contributed by atoms with Gasteiger partial charge in [0.25, 0.3) is 0 Å². The molecule has 4 atom stereocenters. The highest BCUT2D eigenvalue weighted by Gasteiger charge is 2.39. The van der Waals surface area contributed by atoms with Crippen molar-refractivity contribution in [3.63, 3.8) is 0 Å². The van der Waals surface area contributed by atoms with Crippen LogP contribution in [0.3, 0.4) is 0 Å². The molecule has 1 aliphatic heterocycles. The van der Waals surface area contributed by atoms with Crippen molar-refractivity contribution in [1.82, 2.24) is 9.55 Å². The van der Waals surface area contributed by atoms with Gasteiger partial charge in [-0.1, -0.05) is 66.5 Å². The number of nitrogens with zero attached hydrogens (tertiary/aromatic N) is 2. The average molecular weight is 548 g/mol. The second-order valence-electron chi connectivity index (χ2n) is 8.87. The zero-order chi connectivity index (χ0) is 26.5. The van der Waals surface area contributed by atoms with Crippen molar-refractivity contribution in [2.75, 3.05) is 5.32 Å². The summed E-state index contributed by atoms with van der Waals surface area (Å²) >= 11 is 12.4. The molecule has 11 heteroatoms. The molecule has 9 nitrogen and oxygen atoms in total. The van der Waals surface area contributed by atoms with Gasteiger partial charge in [-0.05, 0) is 23.3 Å². The lowest BCUT2D eigenvalue weighted by molar-refractivity contribution is -0.276. The van der Waals surface area contributed by atoms with E-state index in [0.29, 0.717) is 22.9 Å². The van der Waals surface area contributed by atoms with E-state index in [0.717, 1.165) is 11.1 Å². The average Bonchev–Trinajstić information content (AvgIpc) is 3.21. The number of hydrogen-bond acceptors (Lipinski definition) is 6. The summed E-state index contributed by atoms with van der Waals surface area (Å²) in [5, 5.41) is 21.5. The molecule has 4 rings (SSSR count). The minimum atomic E-state index is -1.04. The molecule has 0 bridgehead atoms. The maximum absolute atomic E-state index is 12.1. The van der Waals surface area contributed by atoms with Crippen molar-refractivity contribution in [3.8, 4) is 0 Å². The van der Waals surface area contributed by atoms with Crippen molar-refractivity contribution < 1.29 is 29.3 Å². The Morgan fingerprint density at radius 1 is 1.08 bits per heavy atom. The van der Waals surface area contributed by atoms with Gasteiger partial charge in [0.15, 0.2) is 11.4 Å². The number of aliphatic carboxylic acids is 1. The first kappa shape index (κ1) is 27.1. The second kappa shape index (κ2) is 12.1. The van der Waals surface area contributed by atoms with Gasteiger partial charge in [-0.25, -0.2) is 4.98 Å². The van der Waals surface area contributed by atoms with E-state index in [-0.39, 0.29) is 42.7 Å². The fourth-order valence-corrected chi connectivity index (χ4v) is 4.51. The number of nitrogens with one attached hydrogen (secondary N) is 1. The number of carboxylic acid groups (broad SMARTS) is 1. The molecule has 4 unspecified atom stereocenters. The molecule has 1 amide bonds. The third-order valence-corrected chi connectivity index (χ3v) is 7.01. The van der Waals surface area contributed by atoms with Crippen LogP contribution in [0.25, 0.3) is 0 Å². The highest BCUT2D eigenvalue weighted by molar-refractivity contribution is 6.40. The number of anilines is 1. The van der Waals surface area contributed by atoms with Crippen LogP contribution in [0.15, 0.2) is 54.9 Å². The van der Waals surface area contributed by atoms with Gasteiger partial charge >= 0.3 is 5.97 Å². The molecule has 2 heterocycles. The largest absolute Gasteiger partial charge is 0.481 e. The number of carbonyl (C=O) groups excluding carboxylic acids is 1. The monoisotopic (exact) mass is 547 g/mol. The molecule has 1 aromatic heterocycles. The first-order valence-corrected chi connectivity index (χ1v) is 12.5. The first-order valence-electron chi connectivity index (χ1n) is 11.7. The summed E-state index contributed by atoms with van der Waals surface area (Å²) < 4.78 is 14.5. The Labute approximate surface area is 223 Å². The maximum Gasteiger partial charge on any atom is 0.303 e.